The quantitative estimate of drug-likeness (QED) is 0.780. The van der Waals surface area contributed by atoms with Crippen molar-refractivity contribution < 1.29 is 19.1 Å². The summed E-state index contributed by atoms with van der Waals surface area (Å²) in [5.41, 5.74) is 4.78. The lowest BCUT2D eigenvalue weighted by molar-refractivity contribution is -0.116. The van der Waals surface area contributed by atoms with Crippen molar-refractivity contribution in [2.24, 2.45) is 0 Å². The molecule has 2 aromatic rings. The zero-order valence-corrected chi connectivity index (χ0v) is 18.9. The van der Waals surface area contributed by atoms with E-state index in [1.165, 1.54) is 0 Å². The maximum absolute atomic E-state index is 13.7. The number of benzene rings is 2. The molecule has 0 saturated carbocycles. The normalized spacial score (nSPS) is 23.9. The molecule has 6 rings (SSSR count). The predicted octanol–water partition coefficient (Wildman–Crippen LogP) is 3.53. The molecule has 2 atom stereocenters. The number of rotatable bonds is 3. The van der Waals surface area contributed by atoms with E-state index in [4.69, 9.17) is 9.47 Å². The lowest BCUT2D eigenvalue weighted by Gasteiger charge is -2.25. The van der Waals surface area contributed by atoms with E-state index in [0.29, 0.717) is 30.9 Å². The molecule has 7 nitrogen and oxygen atoms in total. The largest absolute Gasteiger partial charge is 0.491 e. The van der Waals surface area contributed by atoms with Crippen LogP contribution in [0.4, 0.5) is 11.4 Å². The molecule has 0 spiro atoms. The molecule has 2 fully saturated rings. The summed E-state index contributed by atoms with van der Waals surface area (Å²) < 4.78 is 12.5. The SMILES string of the molecule is Cc1cc2c(c(N3CCCC3)c1)C(=O)N1C[C@@H](Oc3ccc4c(c3)NC(=O)CC4)C[C@@H]1CO2. The molecule has 0 aromatic heterocycles. The first-order valence-electron chi connectivity index (χ1n) is 12.0. The molecule has 2 amide bonds. The van der Waals surface area contributed by atoms with Crippen LogP contribution in [0.25, 0.3) is 0 Å². The molecule has 4 aliphatic heterocycles. The minimum atomic E-state index is -0.109. The van der Waals surface area contributed by atoms with E-state index in [9.17, 15) is 9.59 Å². The van der Waals surface area contributed by atoms with Crippen LogP contribution in [0.5, 0.6) is 11.5 Å². The van der Waals surface area contributed by atoms with E-state index in [0.717, 1.165) is 67.0 Å². The molecular weight excluding hydrogens is 418 g/mol. The Morgan fingerprint density at radius 1 is 1.09 bits per heavy atom. The average Bonchev–Trinajstić information content (AvgIpc) is 3.44. The zero-order chi connectivity index (χ0) is 22.5. The first-order valence-corrected chi connectivity index (χ1v) is 12.0. The van der Waals surface area contributed by atoms with Crippen LogP contribution < -0.4 is 19.7 Å². The van der Waals surface area contributed by atoms with Gasteiger partial charge in [0.05, 0.1) is 18.3 Å². The monoisotopic (exact) mass is 447 g/mol. The molecule has 172 valence electrons. The van der Waals surface area contributed by atoms with Crippen LogP contribution in [0.2, 0.25) is 0 Å². The Morgan fingerprint density at radius 2 is 1.94 bits per heavy atom. The second-order valence-corrected chi connectivity index (χ2v) is 9.62. The van der Waals surface area contributed by atoms with Gasteiger partial charge in [0.1, 0.15) is 29.8 Å². The fourth-order valence-corrected chi connectivity index (χ4v) is 5.58. The maximum atomic E-state index is 13.7. The number of aryl methyl sites for hydroxylation is 2. The molecule has 4 aliphatic rings. The van der Waals surface area contributed by atoms with Gasteiger partial charge in [0.2, 0.25) is 5.91 Å². The van der Waals surface area contributed by atoms with E-state index in [-0.39, 0.29) is 24.0 Å². The fraction of sp³-hybridized carbons (Fsp3) is 0.462. The van der Waals surface area contributed by atoms with Crippen LogP contribution in [0.15, 0.2) is 30.3 Å². The van der Waals surface area contributed by atoms with E-state index in [2.05, 4.69) is 23.2 Å². The van der Waals surface area contributed by atoms with Gasteiger partial charge in [-0.3, -0.25) is 9.59 Å². The Labute approximate surface area is 193 Å². The van der Waals surface area contributed by atoms with Crippen molar-refractivity contribution in [2.75, 3.05) is 36.5 Å². The highest BCUT2D eigenvalue weighted by Crippen LogP contribution is 2.39. The van der Waals surface area contributed by atoms with Gasteiger partial charge in [0.25, 0.3) is 5.91 Å². The number of fused-ring (bicyclic) bond motifs is 3. The molecule has 0 aliphatic carbocycles. The van der Waals surface area contributed by atoms with Crippen molar-refractivity contribution in [1.82, 2.24) is 4.90 Å². The van der Waals surface area contributed by atoms with Crippen molar-refractivity contribution in [3.63, 3.8) is 0 Å². The minimum absolute atomic E-state index is 0.0148. The summed E-state index contributed by atoms with van der Waals surface area (Å²) in [5.74, 6) is 1.51. The molecule has 0 bridgehead atoms. The van der Waals surface area contributed by atoms with Crippen molar-refractivity contribution in [3.05, 3.63) is 47.0 Å². The summed E-state index contributed by atoms with van der Waals surface area (Å²) >= 11 is 0. The van der Waals surface area contributed by atoms with Gasteiger partial charge in [-0.05, 0) is 55.5 Å². The second kappa shape index (κ2) is 7.97. The zero-order valence-electron chi connectivity index (χ0n) is 18.9. The van der Waals surface area contributed by atoms with Gasteiger partial charge in [-0.25, -0.2) is 0 Å². The summed E-state index contributed by atoms with van der Waals surface area (Å²) in [6.45, 7) is 5.02. The summed E-state index contributed by atoms with van der Waals surface area (Å²) in [7, 11) is 0. The maximum Gasteiger partial charge on any atom is 0.260 e. The highest BCUT2D eigenvalue weighted by atomic mass is 16.5. The van der Waals surface area contributed by atoms with Gasteiger partial charge >= 0.3 is 0 Å². The first kappa shape index (κ1) is 20.4. The van der Waals surface area contributed by atoms with Gasteiger partial charge in [0, 0.05) is 37.7 Å². The Kier molecular flexibility index (Phi) is 4.93. The summed E-state index contributed by atoms with van der Waals surface area (Å²) in [5, 5.41) is 2.93. The number of anilines is 2. The van der Waals surface area contributed by atoms with Crippen LogP contribution in [-0.4, -0.2) is 55.1 Å². The molecule has 7 heteroatoms. The van der Waals surface area contributed by atoms with Crippen LogP contribution in [0, 0.1) is 6.92 Å². The summed E-state index contributed by atoms with van der Waals surface area (Å²) in [6, 6.07) is 9.98. The van der Waals surface area contributed by atoms with Crippen molar-refractivity contribution >= 4 is 23.2 Å². The van der Waals surface area contributed by atoms with Gasteiger partial charge in [0.15, 0.2) is 0 Å². The number of ether oxygens (including phenoxy) is 2. The van der Waals surface area contributed by atoms with Gasteiger partial charge in [-0.15, -0.1) is 0 Å². The number of amides is 2. The van der Waals surface area contributed by atoms with E-state index < -0.39 is 0 Å². The number of nitrogens with one attached hydrogen (secondary N) is 1. The smallest absolute Gasteiger partial charge is 0.260 e. The van der Waals surface area contributed by atoms with E-state index >= 15 is 0 Å². The Morgan fingerprint density at radius 3 is 2.79 bits per heavy atom. The van der Waals surface area contributed by atoms with Crippen LogP contribution in [-0.2, 0) is 11.2 Å². The predicted molar refractivity (Wildman–Crippen MR) is 125 cm³/mol. The topological polar surface area (TPSA) is 71.1 Å². The molecular formula is C26H29N3O4. The van der Waals surface area contributed by atoms with Crippen LogP contribution in [0.1, 0.15) is 47.2 Å². The summed E-state index contributed by atoms with van der Waals surface area (Å²) in [4.78, 5) is 29.8. The number of carbonyl (C=O) groups excluding carboxylic acids is 2. The second-order valence-electron chi connectivity index (χ2n) is 9.62. The number of hydrogen-bond donors (Lipinski definition) is 1. The van der Waals surface area contributed by atoms with Gasteiger partial charge in [-0.2, -0.15) is 0 Å². The fourth-order valence-electron chi connectivity index (χ4n) is 5.58. The molecule has 4 heterocycles. The molecule has 2 aromatic carbocycles. The first-order chi connectivity index (χ1) is 16.0. The molecule has 1 N–H and O–H groups in total. The number of nitrogens with zero attached hydrogens (tertiary/aromatic N) is 2. The van der Waals surface area contributed by atoms with Crippen LogP contribution in [0.3, 0.4) is 0 Å². The standard InChI is InChI=1S/C26H29N3O4/c1-16-10-22(28-8-2-3-9-28)25-23(11-16)32-15-18-12-20(14-29(18)26(25)31)33-19-6-4-17-5-7-24(30)27-21(17)13-19/h4,6,10-11,13,18,20H,2-3,5,7-9,12,14-15H2,1H3,(H,27,30)/t18-,20+/m1/s1. The van der Waals surface area contributed by atoms with Crippen molar-refractivity contribution in [1.29, 1.82) is 0 Å². The lowest BCUT2D eigenvalue weighted by Crippen LogP contribution is -2.37. The Hall–Kier alpha value is -3.22. The number of hydrogen-bond acceptors (Lipinski definition) is 5. The summed E-state index contributed by atoms with van der Waals surface area (Å²) in [6.07, 6.45) is 4.20. The highest BCUT2D eigenvalue weighted by Gasteiger charge is 2.42. The molecule has 0 unspecified atom stereocenters. The molecule has 33 heavy (non-hydrogen) atoms. The lowest BCUT2D eigenvalue weighted by atomic mass is 10.0. The minimum Gasteiger partial charge on any atom is -0.491 e. The Bertz CT molecular complexity index is 1120. The third kappa shape index (κ3) is 3.69. The van der Waals surface area contributed by atoms with Crippen molar-refractivity contribution in [2.45, 2.75) is 51.2 Å². The third-order valence-corrected chi connectivity index (χ3v) is 7.23. The average molecular weight is 448 g/mol. The van der Waals surface area contributed by atoms with Gasteiger partial charge in [-0.1, -0.05) is 6.07 Å². The van der Waals surface area contributed by atoms with E-state index in [1.807, 2.05) is 29.2 Å². The van der Waals surface area contributed by atoms with Crippen molar-refractivity contribution in [3.8, 4) is 11.5 Å². The van der Waals surface area contributed by atoms with E-state index in [1.54, 1.807) is 0 Å². The third-order valence-electron chi connectivity index (χ3n) is 7.23. The van der Waals surface area contributed by atoms with Crippen LogP contribution >= 0.6 is 0 Å². The highest BCUT2D eigenvalue weighted by molar-refractivity contribution is 6.03. The van der Waals surface area contributed by atoms with Gasteiger partial charge < -0.3 is 24.6 Å². The Balaban J connectivity index is 1.24. The molecule has 0 radical (unpaired) electrons. The molecule has 2 saturated heterocycles. The number of carbonyl (C=O) groups is 2.